The van der Waals surface area contributed by atoms with Crippen LogP contribution in [0.4, 0.5) is 0 Å². The van der Waals surface area contributed by atoms with Crippen molar-refractivity contribution in [1.82, 2.24) is 0 Å². The minimum atomic E-state index is -0.643. The van der Waals surface area contributed by atoms with Crippen LogP contribution in [0.2, 0.25) is 0 Å². The summed E-state index contributed by atoms with van der Waals surface area (Å²) in [6, 6.07) is 1.65. The van der Waals surface area contributed by atoms with Crippen molar-refractivity contribution in [2.24, 2.45) is 0 Å². The molecule has 0 aromatic carbocycles. The molecule has 1 rings (SSSR count). The summed E-state index contributed by atoms with van der Waals surface area (Å²) in [4.78, 5) is 22.2. The van der Waals surface area contributed by atoms with Crippen LogP contribution >= 0.6 is 0 Å². The summed E-state index contributed by atoms with van der Waals surface area (Å²) in [5, 5.41) is 0. The van der Waals surface area contributed by atoms with Gasteiger partial charge < -0.3 is 13.9 Å². The third-order valence-corrected chi connectivity index (χ3v) is 1.88. The number of rotatable bonds is 5. The van der Waals surface area contributed by atoms with E-state index in [4.69, 9.17) is 13.9 Å². The first-order valence-corrected chi connectivity index (χ1v) is 4.98. The molecule has 1 heterocycles. The summed E-state index contributed by atoms with van der Waals surface area (Å²) in [5.41, 5.74) is 0.642. The average molecular weight is 226 g/mol. The summed E-state index contributed by atoms with van der Waals surface area (Å²) in [6.07, 6.45) is 2.24. The van der Waals surface area contributed by atoms with Crippen LogP contribution in [0.3, 0.4) is 0 Å². The zero-order valence-corrected chi connectivity index (χ0v) is 9.26. The molecule has 88 valence electrons. The predicted octanol–water partition coefficient (Wildman–Crippen LogP) is 1.84. The molecule has 0 spiro atoms. The highest BCUT2D eigenvalue weighted by atomic mass is 16.6. The van der Waals surface area contributed by atoms with Crippen LogP contribution in [0.15, 0.2) is 23.0 Å². The summed E-state index contributed by atoms with van der Waals surface area (Å²) < 4.78 is 14.7. The molecule has 5 nitrogen and oxygen atoms in total. The van der Waals surface area contributed by atoms with Crippen LogP contribution < -0.4 is 0 Å². The van der Waals surface area contributed by atoms with E-state index in [0.29, 0.717) is 12.2 Å². The molecule has 0 radical (unpaired) electrons. The molecule has 0 N–H and O–H groups in total. The Hall–Kier alpha value is -1.78. The maximum Gasteiger partial charge on any atom is 0.309 e. The lowest BCUT2D eigenvalue weighted by Crippen LogP contribution is -2.14. The number of esters is 2. The molecule has 1 aromatic heterocycles. The van der Waals surface area contributed by atoms with Gasteiger partial charge in [-0.2, -0.15) is 0 Å². The molecule has 0 saturated carbocycles. The van der Waals surface area contributed by atoms with Crippen molar-refractivity contribution in [3.05, 3.63) is 24.2 Å². The highest BCUT2D eigenvalue weighted by Gasteiger charge is 2.20. The molecule has 0 aliphatic rings. The van der Waals surface area contributed by atoms with Gasteiger partial charge in [-0.05, 0) is 13.0 Å². The lowest BCUT2D eigenvalue weighted by Gasteiger charge is -2.14. The fourth-order valence-electron chi connectivity index (χ4n) is 1.26. The van der Waals surface area contributed by atoms with E-state index in [-0.39, 0.29) is 6.42 Å². The number of hydrogen-bond donors (Lipinski definition) is 0. The Labute approximate surface area is 93.3 Å². The monoisotopic (exact) mass is 226 g/mol. The van der Waals surface area contributed by atoms with E-state index in [0.717, 1.165) is 0 Å². The van der Waals surface area contributed by atoms with Crippen molar-refractivity contribution >= 4 is 11.9 Å². The molecular weight excluding hydrogens is 212 g/mol. The van der Waals surface area contributed by atoms with Gasteiger partial charge in [0, 0.05) is 12.5 Å². The zero-order valence-electron chi connectivity index (χ0n) is 9.26. The van der Waals surface area contributed by atoms with Gasteiger partial charge in [0.25, 0.3) is 0 Å². The summed E-state index contributed by atoms with van der Waals surface area (Å²) in [6.45, 7) is 3.31. The Balaban J connectivity index is 2.65. The van der Waals surface area contributed by atoms with E-state index in [1.165, 1.54) is 19.5 Å². The molecule has 0 saturated heterocycles. The largest absolute Gasteiger partial charge is 0.472 e. The van der Waals surface area contributed by atoms with Crippen LogP contribution in [0.5, 0.6) is 0 Å². The van der Waals surface area contributed by atoms with Gasteiger partial charge in [-0.1, -0.05) is 0 Å². The van der Waals surface area contributed by atoms with E-state index >= 15 is 0 Å². The van der Waals surface area contributed by atoms with Crippen LogP contribution in [0.25, 0.3) is 0 Å². The van der Waals surface area contributed by atoms with Gasteiger partial charge in [-0.3, -0.25) is 9.59 Å². The molecule has 5 heteroatoms. The molecule has 16 heavy (non-hydrogen) atoms. The van der Waals surface area contributed by atoms with Crippen LogP contribution in [-0.4, -0.2) is 18.5 Å². The third kappa shape index (κ3) is 3.76. The number of ether oxygens (including phenoxy) is 2. The van der Waals surface area contributed by atoms with Gasteiger partial charge in [0.2, 0.25) is 0 Å². The SMILES string of the molecule is CCOC(=O)C[C@@H](OC(C)=O)c1ccoc1. The van der Waals surface area contributed by atoms with Gasteiger partial charge >= 0.3 is 11.9 Å². The topological polar surface area (TPSA) is 65.7 Å². The Bertz CT molecular complexity index is 341. The molecule has 0 aliphatic heterocycles. The Morgan fingerprint density at radius 3 is 2.75 bits per heavy atom. The predicted molar refractivity (Wildman–Crippen MR) is 54.5 cm³/mol. The first-order chi connectivity index (χ1) is 7.63. The smallest absolute Gasteiger partial charge is 0.309 e. The lowest BCUT2D eigenvalue weighted by atomic mass is 10.1. The molecule has 0 aliphatic carbocycles. The lowest BCUT2D eigenvalue weighted by molar-refractivity contribution is -0.153. The second-order valence-corrected chi connectivity index (χ2v) is 3.16. The molecule has 1 aromatic rings. The maximum absolute atomic E-state index is 11.3. The van der Waals surface area contributed by atoms with Crippen molar-refractivity contribution in [1.29, 1.82) is 0 Å². The minimum Gasteiger partial charge on any atom is -0.472 e. The standard InChI is InChI=1S/C11H14O5/c1-3-15-11(13)6-10(16-8(2)12)9-4-5-14-7-9/h4-5,7,10H,3,6H2,1-2H3/t10-/m1/s1. The van der Waals surface area contributed by atoms with E-state index < -0.39 is 18.0 Å². The van der Waals surface area contributed by atoms with Gasteiger partial charge in [0.1, 0.15) is 6.10 Å². The number of hydrogen-bond acceptors (Lipinski definition) is 5. The van der Waals surface area contributed by atoms with E-state index in [1.807, 2.05) is 0 Å². The Morgan fingerprint density at radius 2 is 2.25 bits per heavy atom. The normalized spacial score (nSPS) is 11.9. The van der Waals surface area contributed by atoms with Crippen molar-refractivity contribution in [2.75, 3.05) is 6.61 Å². The summed E-state index contributed by atoms with van der Waals surface area (Å²) in [5.74, 6) is -0.856. The fraction of sp³-hybridized carbons (Fsp3) is 0.455. The molecule has 1 atom stereocenters. The summed E-state index contributed by atoms with van der Waals surface area (Å²) in [7, 11) is 0. The average Bonchev–Trinajstić information content (AvgIpc) is 2.68. The van der Waals surface area contributed by atoms with Gasteiger partial charge in [-0.25, -0.2) is 0 Å². The van der Waals surface area contributed by atoms with E-state index in [9.17, 15) is 9.59 Å². The van der Waals surface area contributed by atoms with Gasteiger partial charge in [-0.15, -0.1) is 0 Å². The van der Waals surface area contributed by atoms with Gasteiger partial charge in [0.05, 0.1) is 25.6 Å². The molecule has 0 amide bonds. The van der Waals surface area contributed by atoms with E-state index in [1.54, 1.807) is 13.0 Å². The van der Waals surface area contributed by atoms with Crippen molar-refractivity contribution in [3.8, 4) is 0 Å². The first kappa shape index (κ1) is 12.3. The molecule has 0 fully saturated rings. The highest BCUT2D eigenvalue weighted by Crippen LogP contribution is 2.22. The second-order valence-electron chi connectivity index (χ2n) is 3.16. The number of furan rings is 1. The minimum absolute atomic E-state index is 0.00699. The van der Waals surface area contributed by atoms with Crippen LogP contribution in [0, 0.1) is 0 Å². The molecular formula is C11H14O5. The van der Waals surface area contributed by atoms with Crippen LogP contribution in [-0.2, 0) is 19.1 Å². The van der Waals surface area contributed by atoms with Crippen molar-refractivity contribution in [2.45, 2.75) is 26.4 Å². The molecule has 0 bridgehead atoms. The quantitative estimate of drug-likeness (QED) is 0.716. The molecule has 0 unspecified atom stereocenters. The highest BCUT2D eigenvalue weighted by molar-refractivity contribution is 5.71. The number of carbonyl (C=O) groups is 2. The van der Waals surface area contributed by atoms with E-state index in [2.05, 4.69) is 0 Å². The zero-order chi connectivity index (χ0) is 12.0. The Kier molecular flexibility index (Phi) is 4.57. The van der Waals surface area contributed by atoms with Crippen molar-refractivity contribution < 1.29 is 23.5 Å². The fourth-order valence-corrected chi connectivity index (χ4v) is 1.26. The van der Waals surface area contributed by atoms with Crippen LogP contribution in [0.1, 0.15) is 31.9 Å². The number of carbonyl (C=O) groups excluding carboxylic acids is 2. The van der Waals surface area contributed by atoms with Gasteiger partial charge in [0.15, 0.2) is 0 Å². The Morgan fingerprint density at radius 1 is 1.50 bits per heavy atom. The maximum atomic E-state index is 11.3. The third-order valence-electron chi connectivity index (χ3n) is 1.88. The second kappa shape index (κ2) is 5.95. The van der Waals surface area contributed by atoms with Crippen molar-refractivity contribution in [3.63, 3.8) is 0 Å². The summed E-state index contributed by atoms with van der Waals surface area (Å²) >= 11 is 0. The first-order valence-electron chi connectivity index (χ1n) is 4.98.